The number of nitrogens with zero attached hydrogens (tertiary/aromatic N) is 1. The van der Waals surface area contributed by atoms with E-state index in [-0.39, 0.29) is 11.8 Å². The highest BCUT2D eigenvalue weighted by atomic mass is 35.5. The Morgan fingerprint density at radius 3 is 2.78 bits per heavy atom. The highest BCUT2D eigenvalue weighted by Crippen LogP contribution is 2.34. The molecular formula is C12H14Cl2N2O2. The number of amides is 1. The monoisotopic (exact) mass is 288 g/mol. The number of hydrogen-bond acceptors (Lipinski definition) is 3. The molecule has 1 fully saturated rings. The number of anilines is 2. The first-order chi connectivity index (χ1) is 8.72. The van der Waals surface area contributed by atoms with E-state index in [2.05, 4.69) is 10.2 Å². The van der Waals surface area contributed by atoms with Gasteiger partial charge < -0.3 is 15.0 Å². The zero-order valence-electron chi connectivity index (χ0n) is 9.79. The summed E-state index contributed by atoms with van der Waals surface area (Å²) in [6.45, 7) is 2.84. The molecular weight excluding hydrogens is 275 g/mol. The number of halogens is 2. The molecule has 4 nitrogen and oxygen atoms in total. The number of carbonyl (C=O) groups excluding carboxylic acids is 1. The van der Waals surface area contributed by atoms with Gasteiger partial charge in [-0.1, -0.05) is 17.7 Å². The summed E-state index contributed by atoms with van der Waals surface area (Å²) in [6.07, 6.45) is 0. The molecule has 1 aliphatic heterocycles. The Labute approximate surface area is 116 Å². The number of morpholine rings is 1. The van der Waals surface area contributed by atoms with Gasteiger partial charge in [-0.25, -0.2) is 0 Å². The highest BCUT2D eigenvalue weighted by Gasteiger charge is 2.18. The van der Waals surface area contributed by atoms with Gasteiger partial charge in [0.15, 0.2) is 0 Å². The number of para-hydroxylation sites is 1. The van der Waals surface area contributed by atoms with Crippen LogP contribution in [-0.4, -0.2) is 38.1 Å². The Balaban J connectivity index is 2.28. The first-order valence-corrected chi connectivity index (χ1v) is 6.60. The van der Waals surface area contributed by atoms with Gasteiger partial charge in [0.2, 0.25) is 5.91 Å². The number of hydrogen-bond donors (Lipinski definition) is 1. The number of ether oxygens (including phenoxy) is 1. The van der Waals surface area contributed by atoms with Gasteiger partial charge in [-0.05, 0) is 12.1 Å². The summed E-state index contributed by atoms with van der Waals surface area (Å²) < 4.78 is 5.31. The van der Waals surface area contributed by atoms with Crippen molar-refractivity contribution in [1.29, 1.82) is 0 Å². The van der Waals surface area contributed by atoms with Gasteiger partial charge >= 0.3 is 0 Å². The molecule has 1 N–H and O–H groups in total. The number of nitrogens with one attached hydrogen (secondary N) is 1. The van der Waals surface area contributed by atoms with Gasteiger partial charge in [0, 0.05) is 13.1 Å². The average molecular weight is 289 g/mol. The lowest BCUT2D eigenvalue weighted by atomic mass is 10.2. The minimum atomic E-state index is -0.242. The Kier molecular flexibility index (Phi) is 4.69. The third kappa shape index (κ3) is 3.07. The number of carbonyl (C=O) groups is 1. The molecule has 6 heteroatoms. The van der Waals surface area contributed by atoms with Gasteiger partial charge in [-0.15, -0.1) is 11.6 Å². The SMILES string of the molecule is O=C(CCl)Nc1cccc(Cl)c1N1CCOCC1. The summed E-state index contributed by atoms with van der Waals surface area (Å²) in [7, 11) is 0. The van der Waals surface area contributed by atoms with Crippen LogP contribution in [0.15, 0.2) is 18.2 Å². The predicted molar refractivity (Wildman–Crippen MR) is 73.8 cm³/mol. The molecule has 1 heterocycles. The summed E-state index contributed by atoms with van der Waals surface area (Å²) in [5, 5.41) is 3.38. The first kappa shape index (κ1) is 13.5. The van der Waals surface area contributed by atoms with E-state index in [0.29, 0.717) is 23.9 Å². The predicted octanol–water partition coefficient (Wildman–Crippen LogP) is 2.35. The second-order valence-corrected chi connectivity index (χ2v) is 4.59. The number of benzene rings is 1. The van der Waals surface area contributed by atoms with Crippen molar-refractivity contribution in [3.8, 4) is 0 Å². The average Bonchev–Trinajstić information content (AvgIpc) is 2.40. The summed E-state index contributed by atoms with van der Waals surface area (Å²) in [4.78, 5) is 13.5. The molecule has 0 aliphatic carbocycles. The van der Waals surface area contributed by atoms with Crippen molar-refractivity contribution in [2.24, 2.45) is 0 Å². The molecule has 0 bridgehead atoms. The van der Waals surface area contributed by atoms with E-state index >= 15 is 0 Å². The third-order valence-corrected chi connectivity index (χ3v) is 3.26. The molecule has 2 rings (SSSR count). The van der Waals surface area contributed by atoms with Crippen molar-refractivity contribution in [3.05, 3.63) is 23.2 Å². The van der Waals surface area contributed by atoms with Gasteiger partial charge in [0.1, 0.15) is 5.88 Å². The second-order valence-electron chi connectivity index (χ2n) is 3.92. The van der Waals surface area contributed by atoms with Crippen molar-refractivity contribution in [1.82, 2.24) is 0 Å². The van der Waals surface area contributed by atoms with E-state index in [0.717, 1.165) is 18.8 Å². The van der Waals surface area contributed by atoms with Crippen LogP contribution in [0.4, 0.5) is 11.4 Å². The van der Waals surface area contributed by atoms with Crippen LogP contribution in [0.5, 0.6) is 0 Å². The van der Waals surface area contributed by atoms with Crippen LogP contribution < -0.4 is 10.2 Å². The van der Waals surface area contributed by atoms with Crippen molar-refractivity contribution < 1.29 is 9.53 Å². The molecule has 98 valence electrons. The van der Waals surface area contributed by atoms with Crippen LogP contribution in [-0.2, 0) is 9.53 Å². The number of rotatable bonds is 3. The summed E-state index contributed by atoms with van der Waals surface area (Å²) in [6, 6.07) is 5.43. The zero-order valence-corrected chi connectivity index (χ0v) is 11.3. The topological polar surface area (TPSA) is 41.6 Å². The van der Waals surface area contributed by atoms with Crippen LogP contribution >= 0.6 is 23.2 Å². The molecule has 0 saturated carbocycles. The van der Waals surface area contributed by atoms with Gasteiger partial charge in [0.25, 0.3) is 0 Å². The quantitative estimate of drug-likeness (QED) is 0.868. The van der Waals surface area contributed by atoms with E-state index in [1.807, 2.05) is 12.1 Å². The normalized spacial score (nSPS) is 15.6. The number of alkyl halides is 1. The zero-order chi connectivity index (χ0) is 13.0. The van der Waals surface area contributed by atoms with E-state index in [4.69, 9.17) is 27.9 Å². The maximum atomic E-state index is 11.4. The van der Waals surface area contributed by atoms with Gasteiger partial charge in [-0.2, -0.15) is 0 Å². The van der Waals surface area contributed by atoms with Crippen molar-refractivity contribution in [2.75, 3.05) is 42.4 Å². The van der Waals surface area contributed by atoms with E-state index in [1.54, 1.807) is 6.07 Å². The molecule has 1 aliphatic rings. The Morgan fingerprint density at radius 2 is 2.11 bits per heavy atom. The fourth-order valence-electron chi connectivity index (χ4n) is 1.91. The minimum Gasteiger partial charge on any atom is -0.378 e. The second kappa shape index (κ2) is 6.27. The van der Waals surface area contributed by atoms with E-state index < -0.39 is 0 Å². The molecule has 1 saturated heterocycles. The van der Waals surface area contributed by atoms with Gasteiger partial charge in [0.05, 0.1) is 29.6 Å². The molecule has 0 unspecified atom stereocenters. The van der Waals surface area contributed by atoms with Gasteiger partial charge in [-0.3, -0.25) is 4.79 Å². The van der Waals surface area contributed by atoms with Crippen molar-refractivity contribution in [2.45, 2.75) is 0 Å². The fraction of sp³-hybridized carbons (Fsp3) is 0.417. The molecule has 0 radical (unpaired) electrons. The third-order valence-electron chi connectivity index (χ3n) is 2.71. The smallest absolute Gasteiger partial charge is 0.239 e. The van der Waals surface area contributed by atoms with Crippen molar-refractivity contribution >= 4 is 40.5 Å². The molecule has 1 amide bonds. The maximum Gasteiger partial charge on any atom is 0.239 e. The molecule has 0 spiro atoms. The molecule has 18 heavy (non-hydrogen) atoms. The van der Waals surface area contributed by atoms with Crippen LogP contribution in [0.1, 0.15) is 0 Å². The lowest BCUT2D eigenvalue weighted by Crippen LogP contribution is -2.37. The largest absolute Gasteiger partial charge is 0.378 e. The Morgan fingerprint density at radius 1 is 1.39 bits per heavy atom. The Hall–Kier alpha value is -0.970. The minimum absolute atomic E-state index is 0.0743. The van der Waals surface area contributed by atoms with E-state index in [9.17, 15) is 4.79 Å². The molecule has 1 aromatic rings. The van der Waals surface area contributed by atoms with Crippen molar-refractivity contribution in [3.63, 3.8) is 0 Å². The lowest BCUT2D eigenvalue weighted by Gasteiger charge is -2.31. The molecule has 0 atom stereocenters. The standard InChI is InChI=1S/C12H14Cl2N2O2/c13-8-11(17)15-10-3-1-2-9(14)12(10)16-4-6-18-7-5-16/h1-3H,4-8H2,(H,15,17). The van der Waals surface area contributed by atoms with Crippen LogP contribution in [0, 0.1) is 0 Å². The summed E-state index contributed by atoms with van der Waals surface area (Å²) >= 11 is 11.7. The van der Waals surface area contributed by atoms with Crippen LogP contribution in [0.25, 0.3) is 0 Å². The lowest BCUT2D eigenvalue weighted by molar-refractivity contribution is -0.113. The fourth-order valence-corrected chi connectivity index (χ4v) is 2.27. The summed E-state index contributed by atoms with van der Waals surface area (Å²) in [5.74, 6) is -0.317. The van der Waals surface area contributed by atoms with Crippen LogP contribution in [0.2, 0.25) is 5.02 Å². The highest BCUT2D eigenvalue weighted by molar-refractivity contribution is 6.34. The molecule has 1 aromatic carbocycles. The summed E-state index contributed by atoms with van der Waals surface area (Å²) in [5.41, 5.74) is 1.52. The van der Waals surface area contributed by atoms with Crippen LogP contribution in [0.3, 0.4) is 0 Å². The molecule has 0 aromatic heterocycles. The maximum absolute atomic E-state index is 11.4. The Bertz CT molecular complexity index is 434. The van der Waals surface area contributed by atoms with E-state index in [1.165, 1.54) is 0 Å². The first-order valence-electron chi connectivity index (χ1n) is 5.69.